The van der Waals surface area contributed by atoms with Crippen molar-refractivity contribution in [1.29, 1.82) is 0 Å². The molecule has 3 amide bonds. The zero-order chi connectivity index (χ0) is 29.5. The Morgan fingerprint density at radius 2 is 1.76 bits per heavy atom. The summed E-state index contributed by atoms with van der Waals surface area (Å²) in [6.07, 6.45) is 4.79. The van der Waals surface area contributed by atoms with Crippen LogP contribution in [0.3, 0.4) is 0 Å². The lowest BCUT2D eigenvalue weighted by Crippen LogP contribution is -2.30. The van der Waals surface area contributed by atoms with Crippen LogP contribution in [-0.2, 0) is 9.59 Å². The molecule has 5 aromatic rings. The molecular weight excluding hydrogens is 567 g/mol. The Balaban J connectivity index is 1.26. The van der Waals surface area contributed by atoms with Crippen LogP contribution in [0.25, 0.3) is 16.3 Å². The number of nitrogens with one attached hydrogen (secondary N) is 3. The average molecular weight is 594 g/mol. The SMILES string of the molecule is Cc1ccc2nc(NC(=O)C(C)Sc3cccc(NC(=O)/C(=C/c4cccnc4)NC(=O)c4ccccc4)c3)sc2c1. The van der Waals surface area contributed by atoms with E-state index in [0.29, 0.717) is 21.9 Å². The van der Waals surface area contributed by atoms with Gasteiger partial charge in [0.05, 0.1) is 15.5 Å². The molecule has 0 aliphatic carbocycles. The molecule has 3 aromatic carbocycles. The maximum atomic E-state index is 13.3. The van der Waals surface area contributed by atoms with Gasteiger partial charge in [-0.05, 0) is 79.6 Å². The number of aryl methyl sites for hydroxylation is 1. The second kappa shape index (κ2) is 13.2. The number of pyridine rings is 1. The van der Waals surface area contributed by atoms with Gasteiger partial charge in [0, 0.05) is 28.5 Å². The third kappa shape index (κ3) is 7.48. The van der Waals surface area contributed by atoms with Crippen molar-refractivity contribution >= 4 is 67.9 Å². The number of carbonyl (C=O) groups excluding carboxylic acids is 3. The highest BCUT2D eigenvalue weighted by atomic mass is 32.2. The second-order valence-electron chi connectivity index (χ2n) is 9.39. The number of amides is 3. The highest BCUT2D eigenvalue weighted by Gasteiger charge is 2.18. The van der Waals surface area contributed by atoms with Gasteiger partial charge in [0.25, 0.3) is 11.8 Å². The molecule has 2 heterocycles. The number of hydrogen-bond donors (Lipinski definition) is 3. The second-order valence-corrected chi connectivity index (χ2v) is 11.8. The molecule has 0 aliphatic heterocycles. The molecule has 0 fully saturated rings. The smallest absolute Gasteiger partial charge is 0.272 e. The summed E-state index contributed by atoms with van der Waals surface area (Å²) in [7, 11) is 0. The Bertz CT molecular complexity index is 1770. The van der Waals surface area contributed by atoms with Crippen LogP contribution < -0.4 is 16.0 Å². The summed E-state index contributed by atoms with van der Waals surface area (Å²) in [6.45, 7) is 3.84. The monoisotopic (exact) mass is 593 g/mol. The molecule has 0 saturated carbocycles. The van der Waals surface area contributed by atoms with Gasteiger partial charge in [-0.2, -0.15) is 0 Å². The van der Waals surface area contributed by atoms with E-state index < -0.39 is 17.1 Å². The molecule has 0 radical (unpaired) electrons. The Morgan fingerprint density at radius 1 is 0.929 bits per heavy atom. The van der Waals surface area contributed by atoms with Crippen molar-refractivity contribution in [3.63, 3.8) is 0 Å². The molecule has 3 N–H and O–H groups in total. The number of carbonyl (C=O) groups is 3. The third-order valence-electron chi connectivity index (χ3n) is 6.07. The fraction of sp³-hybridized carbons (Fsp3) is 0.0938. The average Bonchev–Trinajstić information content (AvgIpc) is 3.39. The molecule has 0 saturated heterocycles. The fourth-order valence-corrected chi connectivity index (χ4v) is 5.86. The first-order valence-corrected chi connectivity index (χ1v) is 14.8. The molecule has 42 heavy (non-hydrogen) atoms. The van der Waals surface area contributed by atoms with Gasteiger partial charge >= 0.3 is 0 Å². The topological polar surface area (TPSA) is 113 Å². The first-order valence-electron chi connectivity index (χ1n) is 13.1. The summed E-state index contributed by atoms with van der Waals surface area (Å²) >= 11 is 2.80. The Hall–Kier alpha value is -4.80. The van der Waals surface area contributed by atoms with Crippen LogP contribution in [0, 0.1) is 6.92 Å². The zero-order valence-electron chi connectivity index (χ0n) is 22.8. The Morgan fingerprint density at radius 3 is 2.55 bits per heavy atom. The minimum Gasteiger partial charge on any atom is -0.321 e. The Kier molecular flexibility index (Phi) is 9.05. The lowest BCUT2D eigenvalue weighted by molar-refractivity contribution is -0.115. The first kappa shape index (κ1) is 28.7. The van der Waals surface area contributed by atoms with Crippen molar-refractivity contribution in [2.24, 2.45) is 0 Å². The molecular formula is C32H27N5O3S2. The number of anilines is 2. The number of nitrogens with zero attached hydrogens (tertiary/aromatic N) is 2. The molecule has 210 valence electrons. The van der Waals surface area contributed by atoms with Crippen LogP contribution in [0.1, 0.15) is 28.4 Å². The lowest BCUT2D eigenvalue weighted by atomic mass is 10.2. The molecule has 2 aromatic heterocycles. The van der Waals surface area contributed by atoms with Crippen LogP contribution in [0.15, 0.2) is 108 Å². The summed E-state index contributed by atoms with van der Waals surface area (Å²) in [5, 5.41) is 8.62. The van der Waals surface area contributed by atoms with E-state index in [1.807, 2.05) is 44.2 Å². The van der Waals surface area contributed by atoms with E-state index in [-0.39, 0.29) is 11.6 Å². The van der Waals surface area contributed by atoms with E-state index in [1.165, 1.54) is 23.1 Å². The highest BCUT2D eigenvalue weighted by molar-refractivity contribution is 8.00. The van der Waals surface area contributed by atoms with Gasteiger partial charge < -0.3 is 16.0 Å². The van der Waals surface area contributed by atoms with Gasteiger partial charge in [-0.15, -0.1) is 11.8 Å². The lowest BCUT2D eigenvalue weighted by Gasteiger charge is -2.13. The Labute approximate surface area is 251 Å². The van der Waals surface area contributed by atoms with E-state index in [0.717, 1.165) is 20.7 Å². The number of benzene rings is 3. The number of aromatic nitrogens is 2. The number of hydrogen-bond acceptors (Lipinski definition) is 7. The quantitative estimate of drug-likeness (QED) is 0.132. The van der Waals surface area contributed by atoms with Gasteiger partial charge in [-0.25, -0.2) is 4.98 Å². The summed E-state index contributed by atoms with van der Waals surface area (Å²) < 4.78 is 1.02. The van der Waals surface area contributed by atoms with Crippen molar-refractivity contribution in [2.75, 3.05) is 10.6 Å². The molecule has 1 unspecified atom stereocenters. The minimum absolute atomic E-state index is 0.0636. The van der Waals surface area contributed by atoms with Gasteiger partial charge in [0.15, 0.2) is 5.13 Å². The molecule has 8 nitrogen and oxygen atoms in total. The van der Waals surface area contributed by atoms with Gasteiger partial charge in [0.2, 0.25) is 5.91 Å². The van der Waals surface area contributed by atoms with Crippen molar-refractivity contribution < 1.29 is 14.4 Å². The van der Waals surface area contributed by atoms with Crippen LogP contribution in [0.2, 0.25) is 0 Å². The highest BCUT2D eigenvalue weighted by Crippen LogP contribution is 2.30. The van der Waals surface area contributed by atoms with Crippen molar-refractivity contribution in [3.05, 3.63) is 120 Å². The van der Waals surface area contributed by atoms with Gasteiger partial charge in [0.1, 0.15) is 5.70 Å². The van der Waals surface area contributed by atoms with E-state index in [4.69, 9.17) is 0 Å². The third-order valence-corrected chi connectivity index (χ3v) is 8.10. The van der Waals surface area contributed by atoms with Crippen LogP contribution in [0.5, 0.6) is 0 Å². The van der Waals surface area contributed by atoms with E-state index in [9.17, 15) is 14.4 Å². The maximum absolute atomic E-state index is 13.3. The summed E-state index contributed by atoms with van der Waals surface area (Å²) in [5.41, 5.74) is 3.65. The van der Waals surface area contributed by atoms with Crippen LogP contribution >= 0.6 is 23.1 Å². The van der Waals surface area contributed by atoms with E-state index >= 15 is 0 Å². The molecule has 0 spiro atoms. The number of fused-ring (bicyclic) bond motifs is 1. The van der Waals surface area contributed by atoms with Crippen molar-refractivity contribution in [3.8, 4) is 0 Å². The minimum atomic E-state index is -0.498. The van der Waals surface area contributed by atoms with Crippen molar-refractivity contribution in [2.45, 2.75) is 24.0 Å². The van der Waals surface area contributed by atoms with Gasteiger partial charge in [-0.3, -0.25) is 19.4 Å². The maximum Gasteiger partial charge on any atom is 0.272 e. The largest absolute Gasteiger partial charge is 0.321 e. The predicted octanol–water partition coefficient (Wildman–Crippen LogP) is 6.53. The number of thiazole rings is 1. The van der Waals surface area contributed by atoms with E-state index in [2.05, 4.69) is 25.9 Å². The van der Waals surface area contributed by atoms with Crippen LogP contribution in [0.4, 0.5) is 10.8 Å². The van der Waals surface area contributed by atoms with Gasteiger partial charge in [-0.1, -0.05) is 47.7 Å². The summed E-state index contributed by atoms with van der Waals surface area (Å²) in [5.74, 6) is -1.08. The molecule has 5 rings (SSSR count). The van der Waals surface area contributed by atoms with Crippen molar-refractivity contribution in [1.82, 2.24) is 15.3 Å². The summed E-state index contributed by atoms with van der Waals surface area (Å²) in [4.78, 5) is 48.5. The predicted molar refractivity (Wildman–Crippen MR) is 169 cm³/mol. The van der Waals surface area contributed by atoms with E-state index in [1.54, 1.807) is 73.1 Å². The first-order chi connectivity index (χ1) is 20.3. The van der Waals surface area contributed by atoms with Crippen LogP contribution in [-0.4, -0.2) is 32.9 Å². The molecule has 10 heteroatoms. The molecule has 1 atom stereocenters. The standard InChI is InChI=1S/C32H27N5O3S2/c1-20-13-14-26-28(16-20)42-32(36-26)37-29(38)21(2)41-25-12-6-11-24(18-25)34-31(40)27(17-22-8-7-15-33-19-22)35-30(39)23-9-4-3-5-10-23/h3-19,21H,1-2H3,(H,34,40)(H,35,39)(H,36,37,38)/b27-17-. The molecule has 0 bridgehead atoms. The number of rotatable bonds is 9. The fourth-order valence-electron chi connectivity index (χ4n) is 3.97. The normalized spacial score (nSPS) is 12.0. The number of thioether (sulfide) groups is 1. The molecule has 0 aliphatic rings. The summed E-state index contributed by atoms with van der Waals surface area (Å²) in [6, 6.07) is 25.4. The zero-order valence-corrected chi connectivity index (χ0v) is 24.5.